The lowest BCUT2D eigenvalue weighted by Gasteiger charge is -2.07. The third-order valence-electron chi connectivity index (χ3n) is 2.70. The minimum atomic E-state index is -0.358. The van der Waals surface area contributed by atoms with Gasteiger partial charge in [0.1, 0.15) is 0 Å². The number of allylic oxidation sites excluding steroid dienone is 1. The number of ether oxygens (including phenoxy) is 2. The highest BCUT2D eigenvalue weighted by Crippen LogP contribution is 2.31. The lowest BCUT2D eigenvalue weighted by atomic mass is 10.1. The van der Waals surface area contributed by atoms with Crippen molar-refractivity contribution in [2.24, 2.45) is 0 Å². The third kappa shape index (κ3) is 2.80. The molecule has 0 fully saturated rings. The van der Waals surface area contributed by atoms with Crippen LogP contribution in [-0.4, -0.2) is 18.1 Å². The van der Waals surface area contributed by atoms with Crippen LogP contribution in [0, 0.1) is 10.1 Å². The molecule has 0 saturated carbocycles. The highest BCUT2D eigenvalue weighted by atomic mass is 16.6. The predicted octanol–water partition coefficient (Wildman–Crippen LogP) is 2.88. The second-order valence-corrected chi connectivity index (χ2v) is 4.00. The first-order valence-corrected chi connectivity index (χ1v) is 5.95. The maximum absolute atomic E-state index is 10.8. The molecule has 0 unspecified atom stereocenters. The summed E-state index contributed by atoms with van der Waals surface area (Å²) in [6, 6.07) is 5.37. The van der Waals surface area contributed by atoms with E-state index in [2.05, 4.69) is 0 Å². The Balaban J connectivity index is 2.30. The Hall–Kier alpha value is -2.04. The van der Waals surface area contributed by atoms with E-state index in [4.69, 9.17) is 9.47 Å². The highest BCUT2D eigenvalue weighted by Gasteiger charge is 2.12. The van der Waals surface area contributed by atoms with E-state index >= 15 is 0 Å². The molecule has 1 aliphatic rings. The van der Waals surface area contributed by atoms with Crippen molar-refractivity contribution in [3.8, 4) is 11.5 Å². The van der Waals surface area contributed by atoms with Crippen molar-refractivity contribution in [2.45, 2.75) is 19.8 Å². The first kappa shape index (κ1) is 12.4. The van der Waals surface area contributed by atoms with Crippen molar-refractivity contribution in [2.75, 3.05) is 13.2 Å². The normalized spacial score (nSPS) is 15.1. The van der Waals surface area contributed by atoms with Crippen molar-refractivity contribution in [1.82, 2.24) is 0 Å². The van der Waals surface area contributed by atoms with Crippen LogP contribution in [0.2, 0.25) is 0 Å². The largest absolute Gasteiger partial charge is 0.490 e. The van der Waals surface area contributed by atoms with Gasteiger partial charge in [0.2, 0.25) is 5.70 Å². The van der Waals surface area contributed by atoms with Gasteiger partial charge in [0.15, 0.2) is 11.5 Å². The number of hydrogen-bond acceptors (Lipinski definition) is 4. The maximum Gasteiger partial charge on any atom is 0.246 e. The van der Waals surface area contributed by atoms with Gasteiger partial charge in [-0.2, -0.15) is 0 Å². The molecular formula is C13H15NO4. The fourth-order valence-electron chi connectivity index (χ4n) is 1.75. The van der Waals surface area contributed by atoms with Crippen LogP contribution in [0.1, 0.15) is 25.3 Å². The van der Waals surface area contributed by atoms with Gasteiger partial charge in [0.25, 0.3) is 0 Å². The topological polar surface area (TPSA) is 61.6 Å². The molecule has 0 radical (unpaired) electrons. The summed E-state index contributed by atoms with van der Waals surface area (Å²) < 4.78 is 11.0. The first-order chi connectivity index (χ1) is 8.70. The van der Waals surface area contributed by atoms with Crippen LogP contribution in [0.5, 0.6) is 11.5 Å². The van der Waals surface area contributed by atoms with Crippen LogP contribution in [0.3, 0.4) is 0 Å². The van der Waals surface area contributed by atoms with Crippen LogP contribution in [0.15, 0.2) is 23.9 Å². The summed E-state index contributed by atoms with van der Waals surface area (Å²) in [7, 11) is 0. The molecule has 0 bridgehead atoms. The molecule has 5 nitrogen and oxygen atoms in total. The average molecular weight is 249 g/mol. The summed E-state index contributed by atoms with van der Waals surface area (Å²) in [5.41, 5.74) is 0.942. The molecule has 0 saturated heterocycles. The van der Waals surface area contributed by atoms with Crippen LogP contribution in [-0.2, 0) is 0 Å². The molecule has 1 aromatic rings. The zero-order valence-corrected chi connectivity index (χ0v) is 10.2. The quantitative estimate of drug-likeness (QED) is 0.610. The van der Waals surface area contributed by atoms with Gasteiger partial charge in [0, 0.05) is 18.9 Å². The SMILES string of the molecule is CCC(=Cc1ccc2c(c1)OCCCO2)[N+](=O)[O-]. The van der Waals surface area contributed by atoms with Gasteiger partial charge >= 0.3 is 0 Å². The van der Waals surface area contributed by atoms with Gasteiger partial charge in [-0.15, -0.1) is 0 Å². The van der Waals surface area contributed by atoms with Crippen LogP contribution in [0.4, 0.5) is 0 Å². The molecule has 2 rings (SSSR count). The third-order valence-corrected chi connectivity index (χ3v) is 2.70. The van der Waals surface area contributed by atoms with E-state index in [0.29, 0.717) is 31.1 Å². The van der Waals surface area contributed by atoms with Crippen molar-refractivity contribution < 1.29 is 14.4 Å². The standard InChI is InChI=1S/C13H15NO4/c1-2-11(14(15)16)8-10-4-5-12-13(9-10)18-7-3-6-17-12/h4-5,8-9H,2-3,6-7H2,1H3. The summed E-state index contributed by atoms with van der Waals surface area (Å²) in [6.07, 6.45) is 2.80. The number of fused-ring (bicyclic) bond motifs is 1. The Morgan fingerprint density at radius 1 is 1.39 bits per heavy atom. The maximum atomic E-state index is 10.8. The monoisotopic (exact) mass is 249 g/mol. The van der Waals surface area contributed by atoms with E-state index in [9.17, 15) is 10.1 Å². The Labute approximate surface area is 105 Å². The van der Waals surface area contributed by atoms with Gasteiger partial charge < -0.3 is 9.47 Å². The molecule has 1 aromatic carbocycles. The van der Waals surface area contributed by atoms with Gasteiger partial charge in [-0.1, -0.05) is 13.0 Å². The summed E-state index contributed by atoms with van der Waals surface area (Å²) in [5.74, 6) is 1.35. The molecule has 0 aromatic heterocycles. The Morgan fingerprint density at radius 3 is 2.78 bits per heavy atom. The molecule has 0 atom stereocenters. The number of nitro groups is 1. The van der Waals surface area contributed by atoms with Gasteiger partial charge in [-0.25, -0.2) is 0 Å². The van der Waals surface area contributed by atoms with Crippen molar-refractivity contribution >= 4 is 6.08 Å². The van der Waals surface area contributed by atoms with Crippen LogP contribution >= 0.6 is 0 Å². The summed E-state index contributed by atoms with van der Waals surface area (Å²) in [5, 5.41) is 10.8. The summed E-state index contributed by atoms with van der Waals surface area (Å²) in [6.45, 7) is 3.00. The van der Waals surface area contributed by atoms with Crippen LogP contribution in [0.25, 0.3) is 6.08 Å². The first-order valence-electron chi connectivity index (χ1n) is 5.95. The molecule has 0 amide bonds. The Bertz CT molecular complexity index is 482. The molecule has 0 N–H and O–H groups in total. The molecular weight excluding hydrogens is 234 g/mol. The molecule has 18 heavy (non-hydrogen) atoms. The fraction of sp³-hybridized carbons (Fsp3) is 0.385. The molecule has 96 valence electrons. The zero-order valence-electron chi connectivity index (χ0n) is 10.2. The molecule has 0 spiro atoms. The lowest BCUT2D eigenvalue weighted by molar-refractivity contribution is -0.425. The van der Waals surface area contributed by atoms with E-state index < -0.39 is 0 Å². The zero-order chi connectivity index (χ0) is 13.0. The van der Waals surface area contributed by atoms with E-state index in [1.165, 1.54) is 0 Å². The van der Waals surface area contributed by atoms with Crippen molar-refractivity contribution in [1.29, 1.82) is 0 Å². The number of hydrogen-bond donors (Lipinski definition) is 0. The van der Waals surface area contributed by atoms with Gasteiger partial charge in [-0.3, -0.25) is 10.1 Å². The second-order valence-electron chi connectivity index (χ2n) is 4.00. The van der Waals surface area contributed by atoms with Gasteiger partial charge in [-0.05, 0) is 17.7 Å². The molecule has 1 heterocycles. The minimum Gasteiger partial charge on any atom is -0.490 e. The Morgan fingerprint density at radius 2 is 2.11 bits per heavy atom. The molecule has 1 aliphatic heterocycles. The van der Waals surface area contributed by atoms with Crippen LogP contribution < -0.4 is 9.47 Å². The molecule has 5 heteroatoms. The summed E-state index contributed by atoms with van der Waals surface area (Å²) >= 11 is 0. The fourth-order valence-corrected chi connectivity index (χ4v) is 1.75. The average Bonchev–Trinajstić information content (AvgIpc) is 2.60. The predicted molar refractivity (Wildman–Crippen MR) is 67.3 cm³/mol. The van der Waals surface area contributed by atoms with Crippen molar-refractivity contribution in [3.63, 3.8) is 0 Å². The number of benzene rings is 1. The van der Waals surface area contributed by atoms with E-state index in [1.807, 2.05) is 0 Å². The molecule has 0 aliphatic carbocycles. The van der Waals surface area contributed by atoms with Crippen molar-refractivity contribution in [3.05, 3.63) is 39.6 Å². The second kappa shape index (κ2) is 5.53. The van der Waals surface area contributed by atoms with E-state index in [1.54, 1.807) is 31.2 Å². The van der Waals surface area contributed by atoms with Gasteiger partial charge in [0.05, 0.1) is 18.1 Å². The lowest BCUT2D eigenvalue weighted by Crippen LogP contribution is -1.97. The minimum absolute atomic E-state index is 0.185. The summed E-state index contributed by atoms with van der Waals surface area (Å²) in [4.78, 5) is 10.4. The smallest absolute Gasteiger partial charge is 0.246 e. The number of nitrogens with zero attached hydrogens (tertiary/aromatic N) is 1. The Kier molecular flexibility index (Phi) is 3.82. The van der Waals surface area contributed by atoms with E-state index in [0.717, 1.165) is 12.0 Å². The highest BCUT2D eigenvalue weighted by molar-refractivity contribution is 5.57. The number of rotatable bonds is 3. The van der Waals surface area contributed by atoms with E-state index in [-0.39, 0.29) is 10.6 Å².